The third-order valence-corrected chi connectivity index (χ3v) is 7.46. The van der Waals surface area contributed by atoms with Crippen molar-refractivity contribution in [3.8, 4) is 22.9 Å². The average Bonchev–Trinajstić information content (AvgIpc) is 2.87. The van der Waals surface area contributed by atoms with Crippen LogP contribution in [0.4, 0.5) is 0 Å². The largest absolute Gasteiger partial charge is 0.494 e. The summed E-state index contributed by atoms with van der Waals surface area (Å²) >= 11 is 0. The van der Waals surface area contributed by atoms with Gasteiger partial charge >= 0.3 is 0 Å². The molecule has 2 aromatic rings. The molecule has 2 heteroatoms. The van der Waals surface area contributed by atoms with Crippen molar-refractivity contribution >= 4 is 0 Å². The van der Waals surface area contributed by atoms with Crippen LogP contribution in [0.25, 0.3) is 11.1 Å². The lowest BCUT2D eigenvalue weighted by Gasteiger charge is -2.31. The summed E-state index contributed by atoms with van der Waals surface area (Å²) < 4.78 is 5.79. The summed E-state index contributed by atoms with van der Waals surface area (Å²) in [6.45, 7) is 5.23. The average molecular weight is 446 g/mol. The molecule has 33 heavy (non-hydrogen) atoms. The number of hydrogen-bond donors (Lipinski definition) is 0. The Bertz CT molecular complexity index is 825. The number of rotatable bonds is 13. The van der Waals surface area contributed by atoms with E-state index in [-0.39, 0.29) is 5.92 Å². The van der Waals surface area contributed by atoms with Gasteiger partial charge in [-0.2, -0.15) is 5.26 Å². The zero-order chi connectivity index (χ0) is 23.3. The summed E-state index contributed by atoms with van der Waals surface area (Å²) in [6, 6.07) is 20.3. The third-order valence-electron chi connectivity index (χ3n) is 7.46. The number of nitriles is 1. The monoisotopic (exact) mass is 445 g/mol. The first-order valence-electron chi connectivity index (χ1n) is 13.5. The molecule has 0 aliphatic heterocycles. The molecule has 0 heterocycles. The van der Waals surface area contributed by atoms with E-state index in [1.54, 1.807) is 0 Å². The van der Waals surface area contributed by atoms with Gasteiger partial charge in [-0.1, -0.05) is 88.8 Å². The van der Waals surface area contributed by atoms with Crippen molar-refractivity contribution < 1.29 is 4.74 Å². The predicted octanol–water partition coefficient (Wildman–Crippen LogP) is 9.31. The summed E-state index contributed by atoms with van der Waals surface area (Å²) in [5.41, 5.74) is 3.97. The Balaban J connectivity index is 1.47. The van der Waals surface area contributed by atoms with Gasteiger partial charge in [0, 0.05) is 5.92 Å². The lowest BCUT2D eigenvalue weighted by atomic mass is 9.73. The minimum Gasteiger partial charge on any atom is -0.494 e. The highest BCUT2D eigenvalue weighted by molar-refractivity contribution is 5.64. The van der Waals surface area contributed by atoms with Crippen LogP contribution in [0.5, 0.6) is 5.75 Å². The molecule has 1 fully saturated rings. The molecule has 1 saturated carbocycles. The number of hydrogen-bond acceptors (Lipinski definition) is 2. The Hall–Kier alpha value is -2.27. The molecular formula is C31H43NO. The summed E-state index contributed by atoms with van der Waals surface area (Å²) in [6.07, 6.45) is 14.7. The lowest BCUT2D eigenvalue weighted by Crippen LogP contribution is -2.20. The Morgan fingerprint density at radius 2 is 1.39 bits per heavy atom. The van der Waals surface area contributed by atoms with Gasteiger partial charge in [-0.15, -0.1) is 0 Å². The van der Waals surface area contributed by atoms with E-state index in [1.165, 1.54) is 74.5 Å². The van der Waals surface area contributed by atoms with Crippen LogP contribution in [0.15, 0.2) is 48.5 Å². The molecular weight excluding hydrogens is 402 g/mol. The first kappa shape index (κ1) is 25.4. The van der Waals surface area contributed by atoms with E-state index in [9.17, 15) is 5.26 Å². The van der Waals surface area contributed by atoms with Crippen molar-refractivity contribution in [1.82, 2.24) is 0 Å². The molecule has 0 N–H and O–H groups in total. The summed E-state index contributed by atoms with van der Waals surface area (Å²) in [5.74, 6) is 2.48. The molecule has 0 radical (unpaired) electrons. The second-order valence-electron chi connectivity index (χ2n) is 9.90. The number of unbranched alkanes of at least 4 members (excludes halogenated alkanes) is 5. The van der Waals surface area contributed by atoms with Gasteiger partial charge in [0.05, 0.1) is 12.7 Å². The van der Waals surface area contributed by atoms with Crippen LogP contribution < -0.4 is 4.74 Å². The number of ether oxygens (including phenoxy) is 1. The van der Waals surface area contributed by atoms with Crippen LogP contribution in [0.2, 0.25) is 0 Å². The molecule has 2 aromatic carbocycles. The Kier molecular flexibility index (Phi) is 10.8. The van der Waals surface area contributed by atoms with E-state index in [2.05, 4.69) is 68.4 Å². The molecule has 0 bridgehead atoms. The van der Waals surface area contributed by atoms with Gasteiger partial charge in [0.2, 0.25) is 0 Å². The van der Waals surface area contributed by atoms with Crippen LogP contribution in [-0.2, 0) is 0 Å². The molecule has 1 unspecified atom stereocenters. The van der Waals surface area contributed by atoms with Gasteiger partial charge in [0.25, 0.3) is 0 Å². The Morgan fingerprint density at radius 1 is 0.788 bits per heavy atom. The van der Waals surface area contributed by atoms with Crippen molar-refractivity contribution in [1.29, 1.82) is 5.26 Å². The molecule has 3 rings (SSSR count). The van der Waals surface area contributed by atoms with Gasteiger partial charge in [-0.3, -0.25) is 0 Å². The quantitative estimate of drug-likeness (QED) is 0.288. The van der Waals surface area contributed by atoms with Crippen LogP contribution in [0.1, 0.15) is 102 Å². The fourth-order valence-electron chi connectivity index (χ4n) is 5.25. The van der Waals surface area contributed by atoms with Gasteiger partial charge in [-0.25, -0.2) is 0 Å². The maximum absolute atomic E-state index is 9.72. The fourth-order valence-corrected chi connectivity index (χ4v) is 5.25. The van der Waals surface area contributed by atoms with Crippen LogP contribution in [0, 0.1) is 23.2 Å². The topological polar surface area (TPSA) is 33.0 Å². The van der Waals surface area contributed by atoms with Gasteiger partial charge in [-0.05, 0) is 79.2 Å². The van der Waals surface area contributed by atoms with Crippen molar-refractivity contribution in [2.24, 2.45) is 11.8 Å². The molecule has 0 amide bonds. The van der Waals surface area contributed by atoms with Crippen molar-refractivity contribution in [3.63, 3.8) is 0 Å². The number of benzene rings is 2. The normalized spacial score (nSPS) is 19.1. The smallest absolute Gasteiger partial charge is 0.119 e. The maximum atomic E-state index is 9.72. The molecule has 1 atom stereocenters. The number of nitrogens with zero attached hydrogens (tertiary/aromatic N) is 1. The standard InChI is InChI=1S/C31H43NO/c1-3-5-7-8-9-10-30(24-32)29-17-15-26(16-18-29)25-11-13-27(14-12-25)28-19-21-31(22-20-28)33-23-6-4-2/h11-14,19-22,26,29-30H,3-10,15-18,23H2,1-2H3. The van der Waals surface area contributed by atoms with E-state index in [1.807, 2.05) is 0 Å². The van der Waals surface area contributed by atoms with Crippen molar-refractivity contribution in [3.05, 3.63) is 54.1 Å². The zero-order valence-corrected chi connectivity index (χ0v) is 20.9. The molecule has 0 saturated heterocycles. The highest BCUT2D eigenvalue weighted by Crippen LogP contribution is 2.40. The third kappa shape index (κ3) is 7.92. The van der Waals surface area contributed by atoms with Gasteiger partial charge in [0.15, 0.2) is 0 Å². The molecule has 1 aliphatic carbocycles. The molecule has 178 valence electrons. The van der Waals surface area contributed by atoms with E-state index < -0.39 is 0 Å². The lowest BCUT2D eigenvalue weighted by molar-refractivity contribution is 0.256. The minimum absolute atomic E-state index is 0.267. The van der Waals surface area contributed by atoms with Crippen LogP contribution in [0.3, 0.4) is 0 Å². The molecule has 0 spiro atoms. The van der Waals surface area contributed by atoms with Crippen LogP contribution in [-0.4, -0.2) is 6.61 Å². The highest BCUT2D eigenvalue weighted by Gasteiger charge is 2.28. The van der Waals surface area contributed by atoms with E-state index in [0.717, 1.165) is 31.6 Å². The molecule has 1 aliphatic rings. The molecule has 2 nitrogen and oxygen atoms in total. The highest BCUT2D eigenvalue weighted by atomic mass is 16.5. The first-order chi connectivity index (χ1) is 16.2. The second kappa shape index (κ2) is 14.1. The Labute approximate surface area is 202 Å². The SMILES string of the molecule is CCCCCCCC(C#N)C1CCC(c2ccc(-c3ccc(OCCCC)cc3)cc2)CC1. The van der Waals surface area contributed by atoms with E-state index in [4.69, 9.17) is 4.74 Å². The van der Waals surface area contributed by atoms with E-state index >= 15 is 0 Å². The zero-order valence-electron chi connectivity index (χ0n) is 20.9. The van der Waals surface area contributed by atoms with Gasteiger partial charge in [0.1, 0.15) is 5.75 Å². The summed E-state index contributed by atoms with van der Waals surface area (Å²) in [5, 5.41) is 9.72. The van der Waals surface area contributed by atoms with Crippen molar-refractivity contribution in [2.75, 3.05) is 6.61 Å². The Morgan fingerprint density at radius 3 is 2.00 bits per heavy atom. The van der Waals surface area contributed by atoms with E-state index in [0.29, 0.717) is 11.8 Å². The molecule has 0 aromatic heterocycles. The maximum Gasteiger partial charge on any atom is 0.119 e. The van der Waals surface area contributed by atoms with Gasteiger partial charge < -0.3 is 4.74 Å². The predicted molar refractivity (Wildman–Crippen MR) is 139 cm³/mol. The summed E-state index contributed by atoms with van der Waals surface area (Å²) in [7, 11) is 0. The first-order valence-corrected chi connectivity index (χ1v) is 13.5. The van der Waals surface area contributed by atoms with Crippen LogP contribution >= 0.6 is 0 Å². The minimum atomic E-state index is 0.267. The van der Waals surface area contributed by atoms with Crippen molar-refractivity contribution in [2.45, 2.75) is 96.8 Å². The second-order valence-corrected chi connectivity index (χ2v) is 9.90. The fraction of sp³-hybridized carbons (Fsp3) is 0.581. The summed E-state index contributed by atoms with van der Waals surface area (Å²) in [4.78, 5) is 0.